The standard InChI is InChI=1S/C6H7NO.C2H4O/c7-5-2-1-3-6(8)4-5;1-2-3-1/h1-4,8H,7H2;1-2H2. The Morgan fingerprint density at radius 2 is 2.00 bits per heavy atom. The zero-order chi connectivity index (χ0) is 8.10. The second-order valence-electron chi connectivity index (χ2n) is 2.21. The number of phenolic OH excluding ortho intramolecular Hbond substituents is 1. The summed E-state index contributed by atoms with van der Waals surface area (Å²) in [5.74, 6) is 0.213. The van der Waals surface area contributed by atoms with Crippen molar-refractivity contribution in [2.24, 2.45) is 0 Å². The molecule has 0 amide bonds. The maximum Gasteiger partial charge on any atom is 0.117 e. The molecular weight excluding hydrogens is 142 g/mol. The van der Waals surface area contributed by atoms with Crippen molar-refractivity contribution in [1.29, 1.82) is 0 Å². The molecule has 3 nitrogen and oxygen atoms in total. The molecule has 1 aliphatic rings. The van der Waals surface area contributed by atoms with E-state index in [2.05, 4.69) is 4.74 Å². The topological polar surface area (TPSA) is 58.8 Å². The summed E-state index contributed by atoms with van der Waals surface area (Å²) in [5, 5.41) is 8.73. The summed E-state index contributed by atoms with van der Waals surface area (Å²) in [6.45, 7) is 2.00. The van der Waals surface area contributed by atoms with Crippen LogP contribution in [0.4, 0.5) is 5.69 Å². The minimum absolute atomic E-state index is 0.213. The highest BCUT2D eigenvalue weighted by Crippen LogP contribution is 2.10. The molecule has 0 unspecified atom stereocenters. The maximum atomic E-state index is 8.73. The van der Waals surface area contributed by atoms with Crippen LogP contribution < -0.4 is 5.73 Å². The molecular formula is C8H11NO2. The number of aromatic hydroxyl groups is 1. The monoisotopic (exact) mass is 153 g/mol. The van der Waals surface area contributed by atoms with Gasteiger partial charge in [-0.15, -0.1) is 0 Å². The summed E-state index contributed by atoms with van der Waals surface area (Å²) in [5.41, 5.74) is 5.89. The lowest BCUT2D eigenvalue weighted by Crippen LogP contribution is -1.80. The minimum atomic E-state index is 0.213. The summed E-state index contributed by atoms with van der Waals surface area (Å²) in [7, 11) is 0. The molecule has 0 atom stereocenters. The number of hydrogen-bond donors (Lipinski definition) is 2. The Balaban J connectivity index is 0.000000167. The first-order valence-corrected chi connectivity index (χ1v) is 3.41. The summed E-state index contributed by atoms with van der Waals surface area (Å²) in [6.07, 6.45) is 0. The Labute approximate surface area is 65.4 Å². The van der Waals surface area contributed by atoms with E-state index in [-0.39, 0.29) is 5.75 Å². The Morgan fingerprint density at radius 3 is 2.27 bits per heavy atom. The molecule has 3 N–H and O–H groups in total. The third kappa shape index (κ3) is 4.22. The molecule has 0 saturated carbocycles. The molecule has 0 bridgehead atoms. The van der Waals surface area contributed by atoms with E-state index in [1.807, 2.05) is 0 Å². The third-order valence-corrected chi connectivity index (χ3v) is 1.07. The maximum absolute atomic E-state index is 8.73. The molecule has 11 heavy (non-hydrogen) atoms. The highest BCUT2D eigenvalue weighted by atomic mass is 16.6. The first kappa shape index (κ1) is 7.88. The molecule has 1 aliphatic heterocycles. The molecule has 1 aromatic rings. The Hall–Kier alpha value is -1.22. The molecule has 0 spiro atoms. The first-order valence-electron chi connectivity index (χ1n) is 3.41. The highest BCUT2D eigenvalue weighted by molar-refractivity contribution is 5.42. The van der Waals surface area contributed by atoms with Gasteiger partial charge >= 0.3 is 0 Å². The van der Waals surface area contributed by atoms with Crippen molar-refractivity contribution in [2.75, 3.05) is 18.9 Å². The second kappa shape index (κ2) is 3.83. The van der Waals surface area contributed by atoms with Gasteiger partial charge in [0.2, 0.25) is 0 Å². The van der Waals surface area contributed by atoms with Crippen molar-refractivity contribution >= 4 is 5.69 Å². The molecule has 1 fully saturated rings. The lowest BCUT2D eigenvalue weighted by atomic mass is 10.3. The van der Waals surface area contributed by atoms with Gasteiger partial charge in [-0.3, -0.25) is 0 Å². The van der Waals surface area contributed by atoms with E-state index >= 15 is 0 Å². The van der Waals surface area contributed by atoms with Crippen molar-refractivity contribution in [3.8, 4) is 5.75 Å². The van der Waals surface area contributed by atoms with E-state index < -0.39 is 0 Å². The normalized spacial score (nSPS) is 13.1. The molecule has 1 heterocycles. The van der Waals surface area contributed by atoms with Gasteiger partial charge in [0, 0.05) is 11.8 Å². The molecule has 0 aliphatic carbocycles. The van der Waals surface area contributed by atoms with Crippen LogP contribution in [-0.4, -0.2) is 18.3 Å². The van der Waals surface area contributed by atoms with Gasteiger partial charge in [-0.25, -0.2) is 0 Å². The summed E-state index contributed by atoms with van der Waals surface area (Å²) >= 11 is 0. The Bertz CT molecular complexity index is 203. The van der Waals surface area contributed by atoms with Gasteiger partial charge in [0.05, 0.1) is 13.2 Å². The lowest BCUT2D eigenvalue weighted by Gasteiger charge is -1.90. The van der Waals surface area contributed by atoms with Crippen molar-refractivity contribution in [3.63, 3.8) is 0 Å². The van der Waals surface area contributed by atoms with Gasteiger partial charge in [0.25, 0.3) is 0 Å². The van der Waals surface area contributed by atoms with E-state index in [1.54, 1.807) is 18.2 Å². The fourth-order valence-electron chi connectivity index (χ4n) is 0.525. The number of rotatable bonds is 0. The molecule has 1 aromatic carbocycles. The fraction of sp³-hybridized carbons (Fsp3) is 0.250. The number of hydrogen-bond acceptors (Lipinski definition) is 3. The van der Waals surface area contributed by atoms with Crippen LogP contribution in [0.15, 0.2) is 24.3 Å². The van der Waals surface area contributed by atoms with Crippen LogP contribution in [-0.2, 0) is 4.74 Å². The zero-order valence-electron chi connectivity index (χ0n) is 6.16. The SMILES string of the molecule is C1CO1.Nc1cccc(O)c1. The summed E-state index contributed by atoms with van der Waals surface area (Å²) in [6, 6.07) is 6.50. The zero-order valence-corrected chi connectivity index (χ0v) is 6.16. The molecule has 2 rings (SSSR count). The number of phenols is 1. The average Bonchev–Trinajstić information content (AvgIpc) is 2.69. The van der Waals surface area contributed by atoms with E-state index in [9.17, 15) is 0 Å². The molecule has 0 radical (unpaired) electrons. The molecule has 0 aromatic heterocycles. The van der Waals surface area contributed by atoms with Gasteiger partial charge < -0.3 is 15.6 Å². The summed E-state index contributed by atoms with van der Waals surface area (Å²) < 4.78 is 4.50. The predicted octanol–water partition coefficient (Wildman–Crippen LogP) is 0.991. The van der Waals surface area contributed by atoms with Crippen LogP contribution in [0.1, 0.15) is 0 Å². The van der Waals surface area contributed by atoms with Crippen LogP contribution in [0.2, 0.25) is 0 Å². The highest BCUT2D eigenvalue weighted by Gasteiger charge is 1.94. The largest absolute Gasteiger partial charge is 0.508 e. The van der Waals surface area contributed by atoms with Crippen molar-refractivity contribution in [2.45, 2.75) is 0 Å². The van der Waals surface area contributed by atoms with Crippen LogP contribution in [0.5, 0.6) is 5.75 Å². The fourth-order valence-corrected chi connectivity index (χ4v) is 0.525. The Morgan fingerprint density at radius 1 is 1.36 bits per heavy atom. The van der Waals surface area contributed by atoms with E-state index in [0.717, 1.165) is 13.2 Å². The average molecular weight is 153 g/mol. The number of ether oxygens (including phenoxy) is 1. The van der Waals surface area contributed by atoms with Gasteiger partial charge in [-0.2, -0.15) is 0 Å². The number of nitrogen functional groups attached to an aromatic ring is 1. The van der Waals surface area contributed by atoms with E-state index in [0.29, 0.717) is 5.69 Å². The van der Waals surface area contributed by atoms with Crippen LogP contribution in [0.25, 0.3) is 0 Å². The van der Waals surface area contributed by atoms with E-state index in [1.165, 1.54) is 6.07 Å². The second-order valence-corrected chi connectivity index (χ2v) is 2.21. The Kier molecular flexibility index (Phi) is 2.74. The molecule has 60 valence electrons. The number of nitrogens with two attached hydrogens (primary N) is 1. The van der Waals surface area contributed by atoms with Crippen LogP contribution in [0.3, 0.4) is 0 Å². The quantitative estimate of drug-likeness (QED) is 0.431. The van der Waals surface area contributed by atoms with E-state index in [4.69, 9.17) is 10.8 Å². The predicted molar refractivity (Wildman–Crippen MR) is 43.3 cm³/mol. The number of benzene rings is 1. The van der Waals surface area contributed by atoms with Crippen molar-refractivity contribution < 1.29 is 9.84 Å². The molecule has 1 saturated heterocycles. The van der Waals surface area contributed by atoms with Gasteiger partial charge in [0.15, 0.2) is 0 Å². The van der Waals surface area contributed by atoms with Gasteiger partial charge in [-0.1, -0.05) is 6.07 Å². The smallest absolute Gasteiger partial charge is 0.117 e. The minimum Gasteiger partial charge on any atom is -0.508 e. The van der Waals surface area contributed by atoms with Crippen molar-refractivity contribution in [1.82, 2.24) is 0 Å². The molecule has 3 heteroatoms. The number of epoxide rings is 1. The van der Waals surface area contributed by atoms with Gasteiger partial charge in [0.1, 0.15) is 5.75 Å². The van der Waals surface area contributed by atoms with Crippen molar-refractivity contribution in [3.05, 3.63) is 24.3 Å². The van der Waals surface area contributed by atoms with Gasteiger partial charge in [-0.05, 0) is 12.1 Å². The third-order valence-electron chi connectivity index (χ3n) is 1.07. The first-order chi connectivity index (χ1) is 5.29. The summed E-state index contributed by atoms with van der Waals surface area (Å²) in [4.78, 5) is 0. The lowest BCUT2D eigenvalue weighted by molar-refractivity contribution is 0.475. The van der Waals surface area contributed by atoms with Crippen LogP contribution in [0, 0.1) is 0 Å². The van der Waals surface area contributed by atoms with Crippen LogP contribution >= 0.6 is 0 Å². The number of anilines is 1.